The van der Waals surface area contributed by atoms with Gasteiger partial charge in [0.1, 0.15) is 0 Å². The van der Waals surface area contributed by atoms with Crippen molar-refractivity contribution in [2.24, 2.45) is 5.84 Å². The number of rotatable bonds is 7. The summed E-state index contributed by atoms with van der Waals surface area (Å²) in [5.74, 6) is 5.78. The van der Waals surface area contributed by atoms with E-state index in [-0.39, 0.29) is 11.6 Å². The maximum atomic E-state index is 5.78. The molecule has 0 radical (unpaired) electrons. The molecule has 0 amide bonds. The molecule has 0 bridgehead atoms. The van der Waals surface area contributed by atoms with Crippen LogP contribution in [-0.2, 0) is 6.42 Å². The Bertz CT molecular complexity index is 361. The summed E-state index contributed by atoms with van der Waals surface area (Å²) in [5, 5.41) is 0. The number of halogens is 1. The van der Waals surface area contributed by atoms with E-state index >= 15 is 0 Å². The number of hydrogen-bond acceptors (Lipinski definition) is 4. The number of nitrogens with two attached hydrogens (primary N) is 1. The standard InChI is InChI=1S/C13H24BrN3S/c1-5-17(6-2)13(3,4)11(16-15)9-10-7-8-12(14)18-10/h7-8,11,16H,5-6,9,15H2,1-4H3. The monoisotopic (exact) mass is 333 g/mol. The van der Waals surface area contributed by atoms with Crippen LogP contribution in [0.15, 0.2) is 15.9 Å². The highest BCUT2D eigenvalue weighted by Gasteiger charge is 2.33. The molecule has 3 N–H and O–H groups in total. The molecule has 18 heavy (non-hydrogen) atoms. The SMILES string of the molecule is CCN(CC)C(C)(C)C(Cc1ccc(Br)s1)NN. The Balaban J connectivity index is 2.81. The molecule has 0 spiro atoms. The van der Waals surface area contributed by atoms with Crippen molar-refractivity contribution in [3.8, 4) is 0 Å². The third-order valence-electron chi connectivity index (χ3n) is 3.67. The predicted octanol–water partition coefficient (Wildman–Crippen LogP) is 3.01. The summed E-state index contributed by atoms with van der Waals surface area (Å²) >= 11 is 5.28. The van der Waals surface area contributed by atoms with Gasteiger partial charge in [-0.1, -0.05) is 13.8 Å². The molecule has 1 unspecified atom stereocenters. The lowest BCUT2D eigenvalue weighted by Crippen LogP contribution is -2.60. The van der Waals surface area contributed by atoms with Crippen LogP contribution in [0.1, 0.15) is 32.6 Å². The van der Waals surface area contributed by atoms with Gasteiger partial charge in [0.05, 0.1) is 3.79 Å². The summed E-state index contributed by atoms with van der Waals surface area (Å²) in [6.07, 6.45) is 0.955. The fourth-order valence-electron chi connectivity index (χ4n) is 2.43. The summed E-state index contributed by atoms with van der Waals surface area (Å²) in [6, 6.07) is 4.50. The zero-order chi connectivity index (χ0) is 13.8. The molecule has 104 valence electrons. The molecule has 0 saturated carbocycles. The highest BCUT2D eigenvalue weighted by Crippen LogP contribution is 2.27. The summed E-state index contributed by atoms with van der Waals surface area (Å²) in [7, 11) is 0. The van der Waals surface area contributed by atoms with Gasteiger partial charge in [-0.05, 0) is 55.0 Å². The zero-order valence-electron chi connectivity index (χ0n) is 11.7. The average Bonchev–Trinajstić information content (AvgIpc) is 2.72. The first-order valence-corrected chi connectivity index (χ1v) is 8.02. The number of hydrogen-bond donors (Lipinski definition) is 2. The van der Waals surface area contributed by atoms with E-state index in [9.17, 15) is 0 Å². The maximum absolute atomic E-state index is 5.78. The first-order chi connectivity index (χ1) is 8.45. The molecule has 5 heteroatoms. The quantitative estimate of drug-likeness (QED) is 0.595. The van der Waals surface area contributed by atoms with Crippen LogP contribution in [0, 0.1) is 0 Å². The third-order valence-corrected chi connectivity index (χ3v) is 5.31. The molecule has 1 aromatic rings. The fourth-order valence-corrected chi connectivity index (χ4v) is 3.96. The van der Waals surface area contributed by atoms with Gasteiger partial charge in [-0.25, -0.2) is 0 Å². The molecule has 3 nitrogen and oxygen atoms in total. The zero-order valence-corrected chi connectivity index (χ0v) is 14.1. The van der Waals surface area contributed by atoms with Gasteiger partial charge in [0.2, 0.25) is 0 Å². The Hall–Kier alpha value is 0.0600. The van der Waals surface area contributed by atoms with E-state index in [2.05, 4.69) is 66.1 Å². The molecule has 0 aliphatic rings. The second-order valence-electron chi connectivity index (χ2n) is 4.96. The molecule has 0 fully saturated rings. The molecule has 1 rings (SSSR count). The van der Waals surface area contributed by atoms with E-state index in [0.717, 1.165) is 19.5 Å². The summed E-state index contributed by atoms with van der Waals surface area (Å²) in [5.41, 5.74) is 3.04. The molecule has 1 heterocycles. The van der Waals surface area contributed by atoms with Crippen molar-refractivity contribution in [1.29, 1.82) is 0 Å². The maximum Gasteiger partial charge on any atom is 0.0701 e. The first-order valence-electron chi connectivity index (χ1n) is 6.41. The molecular formula is C13H24BrN3S. The van der Waals surface area contributed by atoms with Crippen molar-refractivity contribution in [2.75, 3.05) is 13.1 Å². The predicted molar refractivity (Wildman–Crippen MR) is 83.8 cm³/mol. The number of thiophene rings is 1. The minimum atomic E-state index is 0.0364. The normalized spacial score (nSPS) is 14.2. The van der Waals surface area contributed by atoms with E-state index in [1.165, 1.54) is 8.66 Å². The highest BCUT2D eigenvalue weighted by molar-refractivity contribution is 9.11. The second-order valence-corrected chi connectivity index (χ2v) is 7.50. The summed E-state index contributed by atoms with van der Waals surface area (Å²) < 4.78 is 1.17. The van der Waals surface area contributed by atoms with Crippen molar-refractivity contribution in [2.45, 2.75) is 45.7 Å². The van der Waals surface area contributed by atoms with E-state index in [0.29, 0.717) is 0 Å². The lowest BCUT2D eigenvalue weighted by molar-refractivity contribution is 0.0915. The van der Waals surface area contributed by atoms with Crippen LogP contribution in [0.3, 0.4) is 0 Å². The third kappa shape index (κ3) is 3.78. The van der Waals surface area contributed by atoms with Crippen molar-refractivity contribution in [1.82, 2.24) is 10.3 Å². The van der Waals surface area contributed by atoms with Crippen molar-refractivity contribution >= 4 is 27.3 Å². The van der Waals surface area contributed by atoms with Crippen molar-refractivity contribution in [3.05, 3.63) is 20.8 Å². The van der Waals surface area contributed by atoms with Gasteiger partial charge in [0.25, 0.3) is 0 Å². The van der Waals surface area contributed by atoms with E-state index < -0.39 is 0 Å². The molecule has 0 saturated heterocycles. The number of nitrogens with zero attached hydrogens (tertiary/aromatic N) is 1. The van der Waals surface area contributed by atoms with Gasteiger partial charge < -0.3 is 0 Å². The lowest BCUT2D eigenvalue weighted by Gasteiger charge is -2.43. The largest absolute Gasteiger partial charge is 0.297 e. The van der Waals surface area contributed by atoms with Gasteiger partial charge in [-0.2, -0.15) is 0 Å². The van der Waals surface area contributed by atoms with Gasteiger partial charge >= 0.3 is 0 Å². The first kappa shape index (κ1) is 16.1. The van der Waals surface area contributed by atoms with Crippen LogP contribution < -0.4 is 11.3 Å². The van der Waals surface area contributed by atoms with Gasteiger partial charge in [-0.15, -0.1) is 11.3 Å². The Kier molecular flexibility index (Phi) is 6.27. The Labute approximate surface area is 123 Å². The van der Waals surface area contributed by atoms with Crippen LogP contribution in [0.4, 0.5) is 0 Å². The van der Waals surface area contributed by atoms with Gasteiger partial charge in [0, 0.05) is 22.9 Å². The molecule has 0 aromatic carbocycles. The average molecular weight is 334 g/mol. The molecular weight excluding hydrogens is 310 g/mol. The van der Waals surface area contributed by atoms with E-state index in [1.54, 1.807) is 11.3 Å². The Morgan fingerprint density at radius 2 is 2.00 bits per heavy atom. The van der Waals surface area contributed by atoms with Gasteiger partial charge in [0.15, 0.2) is 0 Å². The van der Waals surface area contributed by atoms with Gasteiger partial charge in [-0.3, -0.25) is 16.2 Å². The van der Waals surface area contributed by atoms with Crippen LogP contribution in [0.5, 0.6) is 0 Å². The molecule has 1 aromatic heterocycles. The van der Waals surface area contributed by atoms with Crippen molar-refractivity contribution < 1.29 is 0 Å². The minimum Gasteiger partial charge on any atom is -0.297 e. The number of likely N-dealkylation sites (N-methyl/N-ethyl adjacent to an activating group) is 1. The topological polar surface area (TPSA) is 41.3 Å². The number of nitrogens with one attached hydrogen (secondary N) is 1. The van der Waals surface area contributed by atoms with Crippen molar-refractivity contribution in [3.63, 3.8) is 0 Å². The number of hydrazine groups is 1. The summed E-state index contributed by atoms with van der Waals surface area (Å²) in [6.45, 7) is 11.0. The Morgan fingerprint density at radius 1 is 1.39 bits per heavy atom. The van der Waals surface area contributed by atoms with Crippen LogP contribution >= 0.6 is 27.3 Å². The smallest absolute Gasteiger partial charge is 0.0701 e. The summed E-state index contributed by atoms with van der Waals surface area (Å²) in [4.78, 5) is 3.80. The molecule has 1 atom stereocenters. The lowest BCUT2D eigenvalue weighted by atomic mass is 9.89. The van der Waals surface area contributed by atoms with E-state index in [1.807, 2.05) is 0 Å². The highest BCUT2D eigenvalue weighted by atomic mass is 79.9. The second kappa shape index (κ2) is 7.01. The van der Waals surface area contributed by atoms with Crippen LogP contribution in [0.2, 0.25) is 0 Å². The Morgan fingerprint density at radius 3 is 2.39 bits per heavy atom. The van der Waals surface area contributed by atoms with Crippen LogP contribution in [0.25, 0.3) is 0 Å². The molecule has 0 aliphatic heterocycles. The fraction of sp³-hybridized carbons (Fsp3) is 0.692. The minimum absolute atomic E-state index is 0.0364. The van der Waals surface area contributed by atoms with Crippen LogP contribution in [-0.4, -0.2) is 29.6 Å². The molecule has 0 aliphatic carbocycles. The van der Waals surface area contributed by atoms with E-state index in [4.69, 9.17) is 5.84 Å².